The fraction of sp³-hybridized carbons (Fsp3) is 0.0909. The Morgan fingerprint density at radius 2 is 2.00 bits per heavy atom. The number of aromatic carboxylic acids is 1. The molecule has 1 aromatic heterocycles. The highest BCUT2D eigenvalue weighted by Crippen LogP contribution is 2.30. The van der Waals surface area contributed by atoms with Gasteiger partial charge in [-0.25, -0.2) is 9.48 Å². The molecule has 0 aliphatic heterocycles. The van der Waals surface area contributed by atoms with Crippen molar-refractivity contribution < 1.29 is 23.1 Å². The van der Waals surface area contributed by atoms with Crippen LogP contribution in [0.3, 0.4) is 0 Å². The Hall–Kier alpha value is -2.02. The first-order valence-corrected chi connectivity index (χ1v) is 5.33. The van der Waals surface area contributed by atoms with Crippen molar-refractivity contribution in [1.82, 2.24) is 9.78 Å². The van der Waals surface area contributed by atoms with Crippen LogP contribution in [0, 0.1) is 0 Å². The van der Waals surface area contributed by atoms with E-state index in [9.17, 15) is 18.0 Å². The number of carboxylic acids is 1. The van der Waals surface area contributed by atoms with Crippen molar-refractivity contribution in [3.05, 3.63) is 46.7 Å². The molecule has 4 nitrogen and oxygen atoms in total. The summed E-state index contributed by atoms with van der Waals surface area (Å²) in [5, 5.41) is 12.3. The molecule has 0 aliphatic rings. The van der Waals surface area contributed by atoms with Gasteiger partial charge in [-0.2, -0.15) is 18.3 Å². The van der Waals surface area contributed by atoms with Crippen molar-refractivity contribution in [2.45, 2.75) is 6.18 Å². The standard InChI is InChI=1S/C11H6ClF3N2O2/c12-9-5-8(10(18)19)16-17(9)7-3-1-2-6(4-7)11(13,14)15/h1-5H,(H,18,19). The summed E-state index contributed by atoms with van der Waals surface area (Å²) < 4.78 is 38.6. The van der Waals surface area contributed by atoms with E-state index in [1.165, 1.54) is 12.1 Å². The van der Waals surface area contributed by atoms with Crippen LogP contribution in [0.4, 0.5) is 13.2 Å². The molecule has 2 aromatic rings. The minimum absolute atomic E-state index is 0.0346. The molecule has 0 saturated carbocycles. The molecule has 1 heterocycles. The number of alkyl halides is 3. The average molecular weight is 291 g/mol. The maximum Gasteiger partial charge on any atom is 0.416 e. The Kier molecular flexibility index (Phi) is 3.23. The Labute approximate surface area is 110 Å². The van der Waals surface area contributed by atoms with E-state index in [0.29, 0.717) is 0 Å². The lowest BCUT2D eigenvalue weighted by molar-refractivity contribution is -0.137. The Bertz CT molecular complexity index is 637. The number of carbonyl (C=O) groups is 1. The van der Waals surface area contributed by atoms with Gasteiger partial charge < -0.3 is 5.11 Å². The monoisotopic (exact) mass is 290 g/mol. The number of nitrogens with zero attached hydrogens (tertiary/aromatic N) is 2. The van der Waals surface area contributed by atoms with Gasteiger partial charge in [0.15, 0.2) is 5.69 Å². The second-order valence-corrected chi connectivity index (χ2v) is 4.00. The van der Waals surface area contributed by atoms with E-state index < -0.39 is 17.7 Å². The van der Waals surface area contributed by atoms with E-state index in [1.54, 1.807) is 0 Å². The van der Waals surface area contributed by atoms with Gasteiger partial charge in [0.2, 0.25) is 0 Å². The smallest absolute Gasteiger partial charge is 0.416 e. The van der Waals surface area contributed by atoms with E-state index in [0.717, 1.165) is 22.9 Å². The lowest BCUT2D eigenvalue weighted by atomic mass is 10.2. The third-order valence-electron chi connectivity index (χ3n) is 2.30. The molecule has 0 radical (unpaired) electrons. The second-order valence-electron chi connectivity index (χ2n) is 3.62. The number of aromatic nitrogens is 2. The van der Waals surface area contributed by atoms with Gasteiger partial charge in [0.1, 0.15) is 5.15 Å². The number of rotatable bonds is 2. The topological polar surface area (TPSA) is 55.1 Å². The maximum absolute atomic E-state index is 12.6. The molecule has 0 saturated heterocycles. The lowest BCUT2D eigenvalue weighted by Crippen LogP contribution is -2.07. The first kappa shape index (κ1) is 13.4. The number of carboxylic acid groups (broad SMARTS) is 1. The zero-order valence-corrected chi connectivity index (χ0v) is 9.90. The number of hydrogen-bond donors (Lipinski definition) is 1. The van der Waals surface area contributed by atoms with Crippen LogP contribution in [-0.4, -0.2) is 20.9 Å². The summed E-state index contributed by atoms with van der Waals surface area (Å²) in [6, 6.07) is 5.34. The second kappa shape index (κ2) is 4.58. The third-order valence-corrected chi connectivity index (χ3v) is 2.57. The largest absolute Gasteiger partial charge is 0.476 e. The molecule has 100 valence electrons. The summed E-state index contributed by atoms with van der Waals surface area (Å²) in [7, 11) is 0. The molecule has 0 aliphatic carbocycles. The summed E-state index contributed by atoms with van der Waals surface area (Å²) in [5.74, 6) is -1.31. The lowest BCUT2D eigenvalue weighted by Gasteiger charge is -2.09. The molecular formula is C11H6ClF3N2O2. The van der Waals surface area contributed by atoms with Gasteiger partial charge in [0.05, 0.1) is 11.3 Å². The third kappa shape index (κ3) is 2.70. The predicted octanol–water partition coefficient (Wildman–Crippen LogP) is 3.24. The Balaban J connectivity index is 2.50. The molecule has 0 spiro atoms. The first-order chi connectivity index (χ1) is 8.79. The van der Waals surface area contributed by atoms with Crippen molar-refractivity contribution in [2.24, 2.45) is 0 Å². The van der Waals surface area contributed by atoms with Crippen molar-refractivity contribution in [3.8, 4) is 5.69 Å². The van der Waals surface area contributed by atoms with E-state index in [-0.39, 0.29) is 16.5 Å². The summed E-state index contributed by atoms with van der Waals surface area (Å²) in [6.07, 6.45) is -4.49. The van der Waals surface area contributed by atoms with Crippen LogP contribution >= 0.6 is 11.6 Å². The van der Waals surface area contributed by atoms with Crippen molar-refractivity contribution in [1.29, 1.82) is 0 Å². The average Bonchev–Trinajstić information content (AvgIpc) is 2.71. The molecule has 0 amide bonds. The summed E-state index contributed by atoms with van der Waals surface area (Å²) in [6.45, 7) is 0. The molecule has 0 fully saturated rings. The fourth-order valence-electron chi connectivity index (χ4n) is 1.46. The molecule has 1 N–H and O–H groups in total. The SMILES string of the molecule is O=C(O)c1cc(Cl)n(-c2cccc(C(F)(F)F)c2)n1. The van der Waals surface area contributed by atoms with Crippen LogP contribution in [0.25, 0.3) is 5.69 Å². The summed E-state index contributed by atoms with van der Waals surface area (Å²) >= 11 is 5.75. The summed E-state index contributed by atoms with van der Waals surface area (Å²) in [4.78, 5) is 10.7. The van der Waals surface area contributed by atoms with Crippen LogP contribution in [-0.2, 0) is 6.18 Å². The molecule has 1 aromatic carbocycles. The highest BCUT2D eigenvalue weighted by molar-refractivity contribution is 6.30. The van der Waals surface area contributed by atoms with Crippen LogP contribution in [0.15, 0.2) is 30.3 Å². The molecular weight excluding hydrogens is 285 g/mol. The predicted molar refractivity (Wildman–Crippen MR) is 60.5 cm³/mol. The van der Waals surface area contributed by atoms with Gasteiger partial charge in [-0.05, 0) is 18.2 Å². The van der Waals surface area contributed by atoms with Crippen molar-refractivity contribution in [2.75, 3.05) is 0 Å². The van der Waals surface area contributed by atoms with Gasteiger partial charge in [-0.3, -0.25) is 0 Å². The molecule has 8 heteroatoms. The van der Waals surface area contributed by atoms with Crippen LogP contribution in [0.5, 0.6) is 0 Å². The van der Waals surface area contributed by atoms with Gasteiger partial charge in [-0.15, -0.1) is 0 Å². The van der Waals surface area contributed by atoms with E-state index in [1.807, 2.05) is 0 Å². The highest BCUT2D eigenvalue weighted by Gasteiger charge is 2.30. The molecule has 0 bridgehead atoms. The van der Waals surface area contributed by atoms with Crippen LogP contribution in [0.1, 0.15) is 16.1 Å². The maximum atomic E-state index is 12.6. The Morgan fingerprint density at radius 1 is 1.32 bits per heavy atom. The first-order valence-electron chi connectivity index (χ1n) is 4.95. The number of halogens is 4. The van der Waals surface area contributed by atoms with E-state index >= 15 is 0 Å². The van der Waals surface area contributed by atoms with Gasteiger partial charge in [-0.1, -0.05) is 17.7 Å². The van der Waals surface area contributed by atoms with Gasteiger partial charge in [0.25, 0.3) is 0 Å². The normalized spacial score (nSPS) is 11.6. The number of hydrogen-bond acceptors (Lipinski definition) is 2. The fourth-order valence-corrected chi connectivity index (χ4v) is 1.70. The van der Waals surface area contributed by atoms with Gasteiger partial charge in [0, 0.05) is 6.07 Å². The zero-order valence-electron chi connectivity index (χ0n) is 9.15. The summed E-state index contributed by atoms with van der Waals surface area (Å²) in [5.41, 5.74) is -1.18. The number of benzene rings is 1. The van der Waals surface area contributed by atoms with E-state index in [2.05, 4.69) is 5.10 Å². The van der Waals surface area contributed by atoms with Crippen LogP contribution in [0.2, 0.25) is 5.15 Å². The Morgan fingerprint density at radius 3 is 2.53 bits per heavy atom. The zero-order chi connectivity index (χ0) is 14.2. The van der Waals surface area contributed by atoms with E-state index in [4.69, 9.17) is 16.7 Å². The quantitative estimate of drug-likeness (QED) is 0.924. The van der Waals surface area contributed by atoms with Gasteiger partial charge >= 0.3 is 12.1 Å². The van der Waals surface area contributed by atoms with Crippen molar-refractivity contribution in [3.63, 3.8) is 0 Å². The molecule has 2 rings (SSSR count). The molecule has 19 heavy (non-hydrogen) atoms. The van der Waals surface area contributed by atoms with Crippen molar-refractivity contribution >= 4 is 17.6 Å². The molecule has 0 atom stereocenters. The highest BCUT2D eigenvalue weighted by atomic mass is 35.5. The van der Waals surface area contributed by atoms with Crippen LogP contribution < -0.4 is 0 Å². The minimum Gasteiger partial charge on any atom is -0.476 e. The minimum atomic E-state index is -4.49. The molecule has 0 unspecified atom stereocenters.